The van der Waals surface area contributed by atoms with E-state index in [4.69, 9.17) is 26.2 Å². The molecule has 2 N–H and O–H groups in total. The number of hydrogen-bond donors (Lipinski definition) is 2. The Morgan fingerprint density at radius 1 is 0.887 bits per heavy atom. The van der Waals surface area contributed by atoms with Gasteiger partial charge in [-0.15, -0.1) is 0 Å². The van der Waals surface area contributed by atoms with Crippen LogP contribution in [-0.4, -0.2) is 46.3 Å². The fraction of sp³-hybridized carbons (Fsp3) is 0.295. The Labute approximate surface area is 317 Å². The molecule has 4 aromatic carbocycles. The van der Waals surface area contributed by atoms with Gasteiger partial charge in [-0.2, -0.15) is 5.26 Å². The average molecular weight is 732 g/mol. The second-order valence-electron chi connectivity index (χ2n) is 13.6. The molecule has 0 fully saturated rings. The third-order valence-electron chi connectivity index (χ3n) is 9.76. The summed E-state index contributed by atoms with van der Waals surface area (Å²) in [5.74, 6) is -0.0447. The lowest BCUT2D eigenvalue weighted by Crippen LogP contribution is -2.16. The van der Waals surface area contributed by atoms with Crippen LogP contribution in [0.25, 0.3) is 22.3 Å². The summed E-state index contributed by atoms with van der Waals surface area (Å²) >= 11 is 6.78. The highest BCUT2D eigenvalue weighted by Crippen LogP contribution is 2.37. The van der Waals surface area contributed by atoms with E-state index in [1.165, 1.54) is 28.5 Å². The van der Waals surface area contributed by atoms with Crippen LogP contribution in [0.15, 0.2) is 91.3 Å². The standard InChI is InChI=1S/C44H46ClN3O5/c1-28-36(10-7-13-39(28)40-14-8-12-38(29(40)2)34-17-15-33(16-18-34)30(3)48(4)5)27-53-43-22-42(52-26-32-19-31(23-46)24-47-25-32)35(20-41(43)45)9-6-11-37(49)21-44(50)51/h7-8,10,12-20,22,24-25,30,37,49H,6,9,11,21,26-27H2,1-5H3,(H,50,51)/t30-,37+/m0/s1. The molecule has 2 atom stereocenters. The molecule has 0 unspecified atom stereocenters. The first-order valence-electron chi connectivity index (χ1n) is 17.7. The van der Waals surface area contributed by atoms with E-state index in [1.807, 2.05) is 6.07 Å². The summed E-state index contributed by atoms with van der Waals surface area (Å²) in [6.07, 6.45) is 3.23. The zero-order valence-corrected chi connectivity index (χ0v) is 31.7. The van der Waals surface area contributed by atoms with Crippen LogP contribution in [0.1, 0.15) is 71.2 Å². The normalized spacial score (nSPS) is 12.3. The Morgan fingerprint density at radius 2 is 1.57 bits per heavy atom. The first-order valence-corrected chi connectivity index (χ1v) is 18.1. The number of rotatable bonds is 16. The summed E-state index contributed by atoms with van der Waals surface area (Å²) in [7, 11) is 4.18. The molecule has 0 aliphatic rings. The predicted molar refractivity (Wildman–Crippen MR) is 209 cm³/mol. The number of pyridine rings is 1. The van der Waals surface area contributed by atoms with Gasteiger partial charge in [0.1, 0.15) is 30.8 Å². The van der Waals surface area contributed by atoms with Crippen LogP contribution in [0.4, 0.5) is 0 Å². The number of halogens is 1. The van der Waals surface area contributed by atoms with Crippen molar-refractivity contribution in [2.45, 2.75) is 71.8 Å². The number of aromatic nitrogens is 1. The smallest absolute Gasteiger partial charge is 0.305 e. The van der Waals surface area contributed by atoms with E-state index in [9.17, 15) is 15.2 Å². The summed E-state index contributed by atoms with van der Waals surface area (Å²) in [5.41, 5.74) is 11.2. The number of aliphatic hydroxyl groups excluding tert-OH is 1. The van der Waals surface area contributed by atoms with Crippen molar-refractivity contribution >= 4 is 17.6 Å². The number of aliphatic carboxylic acids is 1. The molecule has 0 saturated heterocycles. The highest BCUT2D eigenvalue weighted by atomic mass is 35.5. The van der Waals surface area contributed by atoms with Gasteiger partial charge in [0.15, 0.2) is 0 Å². The van der Waals surface area contributed by atoms with Gasteiger partial charge in [-0.25, -0.2) is 0 Å². The molecule has 0 amide bonds. The Bertz CT molecular complexity index is 2090. The maximum atomic E-state index is 11.0. The van der Waals surface area contributed by atoms with Crippen LogP contribution in [0, 0.1) is 25.2 Å². The molecular formula is C44H46ClN3O5. The fourth-order valence-corrected chi connectivity index (χ4v) is 6.64. The van der Waals surface area contributed by atoms with Crippen molar-refractivity contribution in [2.75, 3.05) is 14.1 Å². The van der Waals surface area contributed by atoms with E-state index < -0.39 is 12.1 Å². The first-order chi connectivity index (χ1) is 25.4. The van der Waals surface area contributed by atoms with Crippen molar-refractivity contribution in [3.8, 4) is 39.8 Å². The molecule has 0 aliphatic carbocycles. The van der Waals surface area contributed by atoms with Gasteiger partial charge in [0.05, 0.1) is 23.1 Å². The number of carbonyl (C=O) groups is 1. The van der Waals surface area contributed by atoms with E-state index in [0.717, 1.165) is 33.4 Å². The molecule has 5 rings (SSSR count). The summed E-state index contributed by atoms with van der Waals surface area (Å²) in [4.78, 5) is 17.3. The van der Waals surface area contributed by atoms with Gasteiger partial charge in [-0.1, -0.05) is 72.3 Å². The number of hydrogen-bond acceptors (Lipinski definition) is 7. The monoisotopic (exact) mass is 731 g/mol. The van der Waals surface area contributed by atoms with Crippen molar-refractivity contribution in [3.05, 3.63) is 135 Å². The zero-order valence-electron chi connectivity index (χ0n) is 30.9. The molecule has 5 aromatic rings. The molecule has 9 heteroatoms. The second kappa shape index (κ2) is 18.0. The Balaban J connectivity index is 1.37. The Morgan fingerprint density at radius 3 is 2.26 bits per heavy atom. The molecule has 53 heavy (non-hydrogen) atoms. The predicted octanol–water partition coefficient (Wildman–Crippen LogP) is 9.50. The molecule has 1 aromatic heterocycles. The largest absolute Gasteiger partial charge is 0.488 e. The Kier molecular flexibility index (Phi) is 13.3. The van der Waals surface area contributed by atoms with Crippen LogP contribution in [0.2, 0.25) is 5.02 Å². The van der Waals surface area contributed by atoms with Crippen molar-refractivity contribution < 1.29 is 24.5 Å². The lowest BCUT2D eigenvalue weighted by atomic mass is 9.89. The number of aliphatic hydroxyl groups is 1. The molecule has 274 valence electrons. The van der Waals surface area contributed by atoms with Crippen LogP contribution >= 0.6 is 11.6 Å². The van der Waals surface area contributed by atoms with Gasteiger partial charge in [0, 0.05) is 30.1 Å². The summed E-state index contributed by atoms with van der Waals surface area (Å²) in [6.45, 7) is 6.93. The van der Waals surface area contributed by atoms with E-state index in [-0.39, 0.29) is 19.6 Å². The minimum absolute atomic E-state index is 0.164. The quantitative estimate of drug-likeness (QED) is 0.103. The number of carboxylic acid groups (broad SMARTS) is 1. The summed E-state index contributed by atoms with van der Waals surface area (Å²) in [6, 6.07) is 29.2. The SMILES string of the molecule is Cc1c(COc2cc(OCc3cncc(C#N)c3)c(CCC[C@@H](O)CC(=O)O)cc2Cl)cccc1-c1cccc(-c2ccc([C@H](C)N(C)C)cc2)c1C. The molecule has 1 heterocycles. The molecular weight excluding hydrogens is 686 g/mol. The van der Waals surface area contributed by atoms with Gasteiger partial charge in [0.2, 0.25) is 0 Å². The number of nitrogens with zero attached hydrogens (tertiary/aromatic N) is 3. The molecule has 0 aliphatic heterocycles. The fourth-order valence-electron chi connectivity index (χ4n) is 6.40. The average Bonchev–Trinajstić information content (AvgIpc) is 3.14. The van der Waals surface area contributed by atoms with Crippen molar-refractivity contribution in [3.63, 3.8) is 0 Å². The van der Waals surface area contributed by atoms with E-state index in [0.29, 0.717) is 47.4 Å². The van der Waals surface area contributed by atoms with E-state index >= 15 is 0 Å². The highest BCUT2D eigenvalue weighted by Gasteiger charge is 2.17. The minimum atomic E-state index is -1.04. The van der Waals surface area contributed by atoms with Gasteiger partial charge in [0.25, 0.3) is 0 Å². The maximum absolute atomic E-state index is 11.0. The summed E-state index contributed by atoms with van der Waals surface area (Å²) in [5, 5.41) is 28.8. The molecule has 8 nitrogen and oxygen atoms in total. The molecule has 0 spiro atoms. The second-order valence-corrected chi connectivity index (χ2v) is 14.0. The van der Waals surface area contributed by atoms with E-state index in [1.54, 1.807) is 24.4 Å². The van der Waals surface area contributed by atoms with Crippen LogP contribution in [0.3, 0.4) is 0 Å². The number of benzene rings is 4. The van der Waals surface area contributed by atoms with Gasteiger partial charge in [-0.05, 0) is 116 Å². The van der Waals surface area contributed by atoms with Crippen LogP contribution in [-0.2, 0) is 24.4 Å². The van der Waals surface area contributed by atoms with Crippen LogP contribution in [0.5, 0.6) is 11.5 Å². The van der Waals surface area contributed by atoms with Crippen molar-refractivity contribution in [1.82, 2.24) is 9.88 Å². The highest BCUT2D eigenvalue weighted by molar-refractivity contribution is 6.32. The van der Waals surface area contributed by atoms with Gasteiger partial charge < -0.3 is 24.6 Å². The van der Waals surface area contributed by atoms with Crippen LogP contribution < -0.4 is 9.47 Å². The first kappa shape index (κ1) is 39.0. The third-order valence-corrected chi connectivity index (χ3v) is 10.1. The minimum Gasteiger partial charge on any atom is -0.488 e. The number of aryl methyl sites for hydroxylation is 1. The van der Waals surface area contributed by atoms with E-state index in [2.05, 4.69) is 105 Å². The summed E-state index contributed by atoms with van der Waals surface area (Å²) < 4.78 is 12.6. The molecule has 0 radical (unpaired) electrons. The Hall–Kier alpha value is -5.20. The number of ether oxygens (including phenoxy) is 2. The van der Waals surface area contributed by atoms with Gasteiger partial charge in [-0.3, -0.25) is 9.78 Å². The number of nitriles is 1. The number of carboxylic acids is 1. The maximum Gasteiger partial charge on any atom is 0.305 e. The topological polar surface area (TPSA) is 116 Å². The van der Waals surface area contributed by atoms with Gasteiger partial charge >= 0.3 is 5.97 Å². The third kappa shape index (κ3) is 10.0. The lowest BCUT2D eigenvalue weighted by Gasteiger charge is -2.21. The zero-order chi connectivity index (χ0) is 38.1. The molecule has 0 saturated carbocycles. The molecule has 0 bridgehead atoms. The lowest BCUT2D eigenvalue weighted by molar-refractivity contribution is -0.139. The van der Waals surface area contributed by atoms with Crippen molar-refractivity contribution in [2.24, 2.45) is 0 Å². The van der Waals surface area contributed by atoms with Crippen molar-refractivity contribution in [1.29, 1.82) is 5.26 Å².